The summed E-state index contributed by atoms with van der Waals surface area (Å²) in [5.41, 5.74) is 48.1. The van der Waals surface area contributed by atoms with Crippen molar-refractivity contribution in [3.63, 3.8) is 0 Å². The number of aryl methyl sites for hydroxylation is 12. The topological polar surface area (TPSA) is 483 Å². The van der Waals surface area contributed by atoms with E-state index in [0.29, 0.717) is 141 Å². The molecule has 4 fully saturated rings. The van der Waals surface area contributed by atoms with Gasteiger partial charge in [0.15, 0.2) is 0 Å². The van der Waals surface area contributed by atoms with Crippen molar-refractivity contribution in [2.24, 2.45) is 11.8 Å². The van der Waals surface area contributed by atoms with Crippen LogP contribution < -0.4 is 64.9 Å². The van der Waals surface area contributed by atoms with Crippen LogP contribution >= 0.6 is 56.7 Å². The summed E-state index contributed by atoms with van der Waals surface area (Å²) in [6.45, 7) is 27.2. The average molecular weight is 1950 g/mol. The number of amides is 8. The summed E-state index contributed by atoms with van der Waals surface area (Å²) in [5, 5.41) is 61.5. The van der Waals surface area contributed by atoms with Crippen LogP contribution in [0.1, 0.15) is 146 Å². The van der Waals surface area contributed by atoms with Crippen molar-refractivity contribution in [3.8, 4) is 5.75 Å². The highest BCUT2D eigenvalue weighted by Crippen LogP contribution is 2.43. The van der Waals surface area contributed by atoms with Gasteiger partial charge in [-0.05, 0) is 187 Å². The maximum Gasteiger partial charge on any atom is 0.321 e. The number of anilines is 7. The van der Waals surface area contributed by atoms with Gasteiger partial charge in [0, 0.05) is 128 Å². The van der Waals surface area contributed by atoms with Gasteiger partial charge in [0.1, 0.15) is 60.1 Å². The number of carbonyl (C=O) groups excluding carboxylic acids is 7. The number of urea groups is 1. The molecule has 20 rings (SSSR count). The standard InChI is InChI=1S/C23H21N5O2S.C21H24N6OS.C20H22N6O2S.C18H20N4O2S.C17H18N4O2S/c1-12-13(2)26-27-22-18(12)19(24)20(31-22)21(29)25-17-10-28(11-17)23(30)16-8-7-14-5-3-4-6-15(14)9-16;1-11-5-4-6-16(23-11)26-7-14-9-27(10-15(14)8-26)21(28)19-18(22)17-12(2)13(3)24-25-20(17)29-19;1-10-4-6-13(7-5-10)23-20(28)26-8-14(9-26)22-18(27)17-16(21)15-11(2)12(3)24-25-19(15)29-17;1-10-11(2)21-22-18-14(10)15(19)16(25-18)17(23)20-8-12-4-6-13(7-5-12)9-24-3;1-9-10(2)20-21-17-13(9)14(18)15(24-17)16(22)19-8-11-4-6-12(23-3)7-5-11/h3-9,17H,10-11,24H2,1-2H3,(H,25,29);4-6,14-15H,7-10,22H2,1-3H3;4-7,14H,8-9,21H2,1-3H3,(H,22,27)(H,23,28);4-7H,8-9,19H2,1-3H3,(H,20,23);4-7H,8,18H2,1-3H3,(H,19,22)/i;;;;8D2. The predicted octanol–water partition coefficient (Wildman–Crippen LogP) is 14.7. The van der Waals surface area contributed by atoms with Gasteiger partial charge in [0.05, 0.1) is 85.4 Å². The van der Waals surface area contributed by atoms with E-state index in [1.165, 1.54) is 52.5 Å². The first-order valence-corrected chi connectivity index (χ1v) is 48.4. The molecule has 34 nitrogen and oxygen atoms in total. The van der Waals surface area contributed by atoms with Crippen LogP contribution in [-0.4, -0.2) is 191 Å². The molecule has 0 radical (unpaired) electrons. The number of likely N-dealkylation sites (tertiary alicyclic amines) is 3. The lowest BCUT2D eigenvalue weighted by molar-refractivity contribution is 0.0543. The fraction of sp³-hybridized carbons (Fsp3) is 0.293. The molecule has 4 aliphatic heterocycles. The molecular weight excluding hydrogens is 1840 g/mol. The molecule has 15 N–H and O–H groups in total. The first kappa shape index (κ1) is 93.7. The van der Waals surface area contributed by atoms with Crippen LogP contribution in [0.15, 0.2) is 133 Å². The first-order chi connectivity index (χ1) is 66.9. The number of methoxy groups -OCH3 is 2. The van der Waals surface area contributed by atoms with Gasteiger partial charge >= 0.3 is 6.03 Å². The molecular formula is C99H105N25O9S5. The van der Waals surface area contributed by atoms with E-state index in [0.717, 1.165) is 165 Å². The maximum absolute atomic E-state index is 13.2. The molecule has 0 spiro atoms. The number of rotatable bonds is 17. The molecule has 710 valence electrons. The van der Waals surface area contributed by atoms with Gasteiger partial charge in [0.2, 0.25) is 0 Å². The van der Waals surface area contributed by atoms with Crippen LogP contribution in [0.3, 0.4) is 0 Å². The van der Waals surface area contributed by atoms with Gasteiger partial charge in [-0.2, -0.15) is 25.5 Å². The number of nitrogens with two attached hydrogens (primary N) is 5. The van der Waals surface area contributed by atoms with E-state index in [4.69, 9.17) is 40.9 Å². The molecule has 138 heavy (non-hydrogen) atoms. The largest absolute Gasteiger partial charge is 0.497 e. The van der Waals surface area contributed by atoms with E-state index in [9.17, 15) is 33.6 Å². The summed E-state index contributed by atoms with van der Waals surface area (Å²) in [5.74, 6) is 1.32. The number of pyridine rings is 1. The second kappa shape index (κ2) is 41.1. The molecule has 0 bridgehead atoms. The van der Waals surface area contributed by atoms with Gasteiger partial charge in [-0.1, -0.05) is 90.5 Å². The van der Waals surface area contributed by atoms with E-state index >= 15 is 0 Å². The fourth-order valence-electron chi connectivity index (χ4n) is 16.6. The molecule has 0 saturated carbocycles. The summed E-state index contributed by atoms with van der Waals surface area (Å²) in [6.07, 6.45) is 0. The minimum atomic E-state index is -2.07. The van der Waals surface area contributed by atoms with Gasteiger partial charge in [-0.15, -0.1) is 82.2 Å². The monoisotopic (exact) mass is 1950 g/mol. The number of carbonyl (C=O) groups is 7. The lowest BCUT2D eigenvalue weighted by Gasteiger charge is -2.39. The minimum Gasteiger partial charge on any atom is -0.497 e. The maximum atomic E-state index is 13.2. The normalized spacial score (nSPS) is 14.7. The van der Waals surface area contributed by atoms with E-state index in [1.54, 1.807) is 41.2 Å². The molecule has 5 aromatic carbocycles. The molecule has 4 saturated heterocycles. The van der Waals surface area contributed by atoms with Crippen LogP contribution in [0.4, 0.5) is 44.7 Å². The molecule has 39 heteroatoms. The lowest BCUT2D eigenvalue weighted by atomic mass is 10.0. The second-order valence-corrected chi connectivity index (χ2v) is 39.5. The Morgan fingerprint density at radius 2 is 0.812 bits per heavy atom. The third-order valence-corrected chi connectivity index (χ3v) is 30.6. The fourth-order valence-corrected chi connectivity index (χ4v) is 21.7. The third-order valence-electron chi connectivity index (χ3n) is 25.2. The Kier molecular flexibility index (Phi) is 27.9. The Labute approximate surface area is 817 Å². The molecule has 2 atom stereocenters. The van der Waals surface area contributed by atoms with Crippen molar-refractivity contribution in [1.82, 2.24) is 91.9 Å². The van der Waals surface area contributed by atoms with Crippen molar-refractivity contribution in [1.29, 1.82) is 0 Å². The second-order valence-electron chi connectivity index (χ2n) is 34.5. The molecule has 2 unspecified atom stereocenters. The molecule has 0 aliphatic carbocycles. The van der Waals surface area contributed by atoms with Crippen LogP contribution in [0.2, 0.25) is 0 Å². The quantitative estimate of drug-likeness (QED) is 0.0405. The van der Waals surface area contributed by atoms with Crippen LogP contribution in [0, 0.1) is 94.9 Å². The zero-order chi connectivity index (χ0) is 99.7. The summed E-state index contributed by atoms with van der Waals surface area (Å²) in [6, 6.07) is 41.3. The minimum absolute atomic E-state index is 0.0252. The number of nitrogens with one attached hydrogen (secondary N) is 5. The zero-order valence-electron chi connectivity index (χ0n) is 80.4. The SMILES string of the molecule is COCc1ccc(CNC(=O)c2sc3nnc(C)c(C)c3c2N)cc1.Cc1ccc(NC(=O)N2CC(NC(=O)c3sc4nnc(C)c(C)c4c3N)C2)cc1.Cc1cccc(N2CC3CN(C(=O)c4sc5nnc(C)c(C)c5c4N)CC3C2)n1.Cc1nnc2sc(C(=O)NC3CN(C(=O)c4ccc5ccccc5c4)C3)c(N)c2c1C.[2H]C([2H])(NC(=O)c1sc2nnc(C)c(C)c2c1N)c1ccc(OC)cc1. The highest BCUT2D eigenvalue weighted by molar-refractivity contribution is 7.23. The van der Waals surface area contributed by atoms with Crippen molar-refractivity contribution >= 4 is 200 Å². The Morgan fingerprint density at radius 1 is 0.406 bits per heavy atom. The number of hydrogen-bond acceptors (Lipinski definition) is 31. The molecule has 16 aromatic rings. The van der Waals surface area contributed by atoms with Crippen LogP contribution in [0.25, 0.3) is 61.9 Å². The molecule has 11 aromatic heterocycles. The number of thiophene rings is 5. The van der Waals surface area contributed by atoms with Crippen molar-refractivity contribution < 1.29 is 45.8 Å². The summed E-state index contributed by atoms with van der Waals surface area (Å²) in [4.78, 5) is 107. The van der Waals surface area contributed by atoms with E-state index in [-0.39, 0.29) is 52.5 Å². The smallest absolute Gasteiger partial charge is 0.321 e. The number of nitrogens with zero attached hydrogens (tertiary/aromatic N) is 15. The van der Waals surface area contributed by atoms with Crippen molar-refractivity contribution in [2.75, 3.05) is 105 Å². The number of benzene rings is 5. The number of ether oxygens (including phenoxy) is 2. The van der Waals surface area contributed by atoms with E-state index < -0.39 is 12.4 Å². The number of aromatic nitrogens is 11. The predicted molar refractivity (Wildman–Crippen MR) is 547 cm³/mol. The Hall–Kier alpha value is -14.6. The average Bonchev–Trinajstić information content (AvgIpc) is 1.61. The van der Waals surface area contributed by atoms with Crippen molar-refractivity contribution in [3.05, 3.63) is 248 Å². The lowest BCUT2D eigenvalue weighted by Crippen LogP contribution is -2.61. The Balaban J connectivity index is 0.000000126. The van der Waals surface area contributed by atoms with Gasteiger partial charge in [0.25, 0.3) is 35.4 Å². The summed E-state index contributed by atoms with van der Waals surface area (Å²) in [7, 11) is 3.19. The van der Waals surface area contributed by atoms with Gasteiger partial charge in [-0.25, -0.2) is 9.78 Å². The number of fused-ring (bicyclic) bond motifs is 7. The van der Waals surface area contributed by atoms with Crippen LogP contribution in [0.5, 0.6) is 5.75 Å². The summed E-state index contributed by atoms with van der Waals surface area (Å²) < 4.78 is 26.5. The van der Waals surface area contributed by atoms with Crippen molar-refractivity contribution in [2.45, 2.75) is 115 Å². The Morgan fingerprint density at radius 3 is 1.26 bits per heavy atom. The highest BCUT2D eigenvalue weighted by atomic mass is 32.1. The van der Waals surface area contributed by atoms with Gasteiger partial charge < -0.3 is 84.3 Å². The Bertz CT molecular complexity index is 7520. The molecule has 15 heterocycles. The van der Waals surface area contributed by atoms with Gasteiger partial charge in [-0.3, -0.25) is 28.8 Å². The first-order valence-electron chi connectivity index (χ1n) is 45.3. The van der Waals surface area contributed by atoms with Crippen LogP contribution in [-0.2, 0) is 24.4 Å². The third kappa shape index (κ3) is 20.4. The number of hydrogen-bond donors (Lipinski definition) is 10. The molecule has 4 aliphatic rings. The highest BCUT2D eigenvalue weighted by Gasteiger charge is 2.44. The van der Waals surface area contributed by atoms with E-state index in [2.05, 4.69) is 99.6 Å². The zero-order valence-corrected chi connectivity index (χ0v) is 82.5. The summed E-state index contributed by atoms with van der Waals surface area (Å²) >= 11 is 6.21. The molecule has 8 amide bonds. The number of nitrogen functional groups attached to an aromatic ring is 5. The van der Waals surface area contributed by atoms with E-state index in [1.807, 2.05) is 185 Å².